The van der Waals surface area contributed by atoms with E-state index in [0.29, 0.717) is 6.54 Å². The minimum atomic E-state index is -0.617. The molecule has 0 aliphatic carbocycles. The van der Waals surface area contributed by atoms with E-state index in [1.807, 2.05) is 0 Å². The van der Waals surface area contributed by atoms with Crippen molar-refractivity contribution < 1.29 is 9.53 Å². The van der Waals surface area contributed by atoms with Gasteiger partial charge in [-0.05, 0) is 39.0 Å². The quantitative estimate of drug-likeness (QED) is 0.685. The minimum absolute atomic E-state index is 0.0404. The van der Waals surface area contributed by atoms with Crippen molar-refractivity contribution >= 4 is 5.91 Å². The van der Waals surface area contributed by atoms with Crippen LogP contribution < -0.4 is 10.6 Å². The van der Waals surface area contributed by atoms with Crippen LogP contribution in [0, 0.1) is 0 Å². The van der Waals surface area contributed by atoms with Gasteiger partial charge in [-0.15, -0.1) is 0 Å². The zero-order valence-corrected chi connectivity index (χ0v) is 11.9. The summed E-state index contributed by atoms with van der Waals surface area (Å²) in [6, 6.07) is 0. The van der Waals surface area contributed by atoms with Gasteiger partial charge < -0.3 is 20.3 Å². The van der Waals surface area contributed by atoms with Crippen LogP contribution in [0.4, 0.5) is 0 Å². The Bertz CT molecular complexity index is 249. The summed E-state index contributed by atoms with van der Waals surface area (Å²) in [7, 11) is 1.63. The highest BCUT2D eigenvalue weighted by molar-refractivity contribution is 5.85. The molecule has 0 bridgehead atoms. The summed E-state index contributed by atoms with van der Waals surface area (Å²) in [5, 5.41) is 6.26. The van der Waals surface area contributed by atoms with E-state index in [9.17, 15) is 4.79 Å². The number of piperidine rings is 1. The Morgan fingerprint density at radius 2 is 1.94 bits per heavy atom. The molecule has 0 radical (unpaired) electrons. The lowest BCUT2D eigenvalue weighted by molar-refractivity contribution is -0.146. The van der Waals surface area contributed by atoms with E-state index in [-0.39, 0.29) is 5.91 Å². The van der Waals surface area contributed by atoms with Gasteiger partial charge in [-0.25, -0.2) is 0 Å². The van der Waals surface area contributed by atoms with Crippen molar-refractivity contribution in [3.8, 4) is 0 Å². The Kier molecular flexibility index (Phi) is 6.60. The van der Waals surface area contributed by atoms with Crippen molar-refractivity contribution in [2.45, 2.75) is 32.3 Å². The molecule has 0 saturated carbocycles. The average Bonchev–Trinajstić information content (AvgIpc) is 2.44. The zero-order chi connectivity index (χ0) is 13.4. The van der Waals surface area contributed by atoms with Gasteiger partial charge in [0.25, 0.3) is 5.91 Å². The van der Waals surface area contributed by atoms with Gasteiger partial charge in [-0.1, -0.05) is 13.8 Å². The van der Waals surface area contributed by atoms with E-state index in [1.165, 1.54) is 0 Å². The van der Waals surface area contributed by atoms with E-state index in [4.69, 9.17) is 4.74 Å². The SMILES string of the molecule is CCN(CC)CCNC(=O)C1(OC)CCNCC1. The van der Waals surface area contributed by atoms with Gasteiger partial charge in [-0.3, -0.25) is 4.79 Å². The normalized spacial score (nSPS) is 18.9. The Morgan fingerprint density at radius 1 is 1.33 bits per heavy atom. The molecule has 0 atom stereocenters. The van der Waals surface area contributed by atoms with Crippen molar-refractivity contribution in [1.82, 2.24) is 15.5 Å². The van der Waals surface area contributed by atoms with E-state index < -0.39 is 5.60 Å². The molecule has 1 rings (SSSR count). The van der Waals surface area contributed by atoms with Crippen molar-refractivity contribution in [1.29, 1.82) is 0 Å². The third kappa shape index (κ3) is 3.93. The third-order valence-corrected chi connectivity index (χ3v) is 3.82. The molecule has 1 amide bonds. The number of ether oxygens (including phenoxy) is 1. The van der Waals surface area contributed by atoms with Gasteiger partial charge in [0, 0.05) is 20.2 Å². The number of carbonyl (C=O) groups excluding carboxylic acids is 1. The fourth-order valence-electron chi connectivity index (χ4n) is 2.38. The molecule has 106 valence electrons. The number of hydrogen-bond acceptors (Lipinski definition) is 4. The first kappa shape index (κ1) is 15.4. The van der Waals surface area contributed by atoms with E-state index >= 15 is 0 Å². The van der Waals surface area contributed by atoms with Gasteiger partial charge in [0.1, 0.15) is 5.60 Å². The van der Waals surface area contributed by atoms with Gasteiger partial charge >= 0.3 is 0 Å². The largest absolute Gasteiger partial charge is 0.368 e. The van der Waals surface area contributed by atoms with Gasteiger partial charge in [0.2, 0.25) is 0 Å². The maximum absolute atomic E-state index is 12.2. The summed E-state index contributed by atoms with van der Waals surface area (Å²) in [5.74, 6) is 0.0404. The van der Waals surface area contributed by atoms with Gasteiger partial charge in [0.05, 0.1) is 0 Å². The molecule has 1 heterocycles. The van der Waals surface area contributed by atoms with Crippen LogP contribution in [0.3, 0.4) is 0 Å². The Morgan fingerprint density at radius 3 is 2.44 bits per heavy atom. The first-order chi connectivity index (χ1) is 8.68. The van der Waals surface area contributed by atoms with Gasteiger partial charge in [0.15, 0.2) is 0 Å². The molecule has 5 nitrogen and oxygen atoms in total. The number of likely N-dealkylation sites (N-methyl/N-ethyl adjacent to an activating group) is 1. The molecule has 1 aliphatic heterocycles. The molecule has 2 N–H and O–H groups in total. The summed E-state index contributed by atoms with van der Waals surface area (Å²) >= 11 is 0. The Hall–Kier alpha value is -0.650. The lowest BCUT2D eigenvalue weighted by atomic mass is 9.91. The predicted octanol–water partition coefficient (Wildman–Crippen LogP) is 0.213. The smallest absolute Gasteiger partial charge is 0.252 e. The molecule has 5 heteroatoms. The van der Waals surface area contributed by atoms with Crippen molar-refractivity contribution in [3.63, 3.8) is 0 Å². The maximum Gasteiger partial charge on any atom is 0.252 e. The first-order valence-electron chi connectivity index (χ1n) is 6.95. The lowest BCUT2D eigenvalue weighted by Crippen LogP contribution is -2.54. The fraction of sp³-hybridized carbons (Fsp3) is 0.923. The summed E-state index contributed by atoms with van der Waals surface area (Å²) in [4.78, 5) is 14.5. The molecule has 1 saturated heterocycles. The summed E-state index contributed by atoms with van der Waals surface area (Å²) in [6.07, 6.45) is 1.50. The van der Waals surface area contributed by atoms with Gasteiger partial charge in [-0.2, -0.15) is 0 Å². The third-order valence-electron chi connectivity index (χ3n) is 3.82. The summed E-state index contributed by atoms with van der Waals surface area (Å²) < 4.78 is 5.49. The predicted molar refractivity (Wildman–Crippen MR) is 72.6 cm³/mol. The van der Waals surface area contributed by atoms with Crippen molar-refractivity contribution in [3.05, 3.63) is 0 Å². The number of nitrogens with zero attached hydrogens (tertiary/aromatic N) is 1. The maximum atomic E-state index is 12.2. The fourth-order valence-corrected chi connectivity index (χ4v) is 2.38. The number of methoxy groups -OCH3 is 1. The molecule has 0 spiro atoms. The molecule has 1 fully saturated rings. The minimum Gasteiger partial charge on any atom is -0.368 e. The van der Waals surface area contributed by atoms with Crippen LogP contribution in [0.2, 0.25) is 0 Å². The molecule has 0 aromatic rings. The van der Waals surface area contributed by atoms with Crippen LogP contribution in [0.15, 0.2) is 0 Å². The van der Waals surface area contributed by atoms with E-state index in [0.717, 1.165) is 45.6 Å². The molecule has 0 aromatic carbocycles. The Labute approximate surface area is 110 Å². The Balaban J connectivity index is 2.38. The van der Waals surface area contributed by atoms with Crippen LogP contribution in [-0.2, 0) is 9.53 Å². The van der Waals surface area contributed by atoms with Crippen molar-refractivity contribution in [2.75, 3.05) is 46.4 Å². The molecule has 0 aromatic heterocycles. The second-order valence-corrected chi connectivity index (χ2v) is 4.73. The first-order valence-corrected chi connectivity index (χ1v) is 6.95. The number of nitrogens with one attached hydrogen (secondary N) is 2. The average molecular weight is 257 g/mol. The second kappa shape index (κ2) is 7.71. The standard InChI is InChI=1S/C13H27N3O2/c1-4-16(5-2)11-10-15-12(17)13(18-3)6-8-14-9-7-13/h14H,4-11H2,1-3H3,(H,15,17). The molecule has 0 unspecified atom stereocenters. The molecular weight excluding hydrogens is 230 g/mol. The number of carbonyl (C=O) groups is 1. The highest BCUT2D eigenvalue weighted by Gasteiger charge is 2.39. The highest BCUT2D eigenvalue weighted by Crippen LogP contribution is 2.22. The van der Waals surface area contributed by atoms with Crippen LogP contribution in [0.25, 0.3) is 0 Å². The summed E-state index contributed by atoms with van der Waals surface area (Å²) in [5.41, 5.74) is -0.617. The second-order valence-electron chi connectivity index (χ2n) is 4.73. The highest BCUT2D eigenvalue weighted by atomic mass is 16.5. The summed E-state index contributed by atoms with van der Waals surface area (Å²) in [6.45, 7) is 9.59. The molecule has 1 aliphatic rings. The van der Waals surface area contributed by atoms with Crippen LogP contribution in [0.1, 0.15) is 26.7 Å². The number of rotatable bonds is 7. The topological polar surface area (TPSA) is 53.6 Å². The van der Waals surface area contributed by atoms with Crippen LogP contribution >= 0.6 is 0 Å². The monoisotopic (exact) mass is 257 g/mol. The van der Waals surface area contributed by atoms with E-state index in [2.05, 4.69) is 29.4 Å². The van der Waals surface area contributed by atoms with Crippen LogP contribution in [-0.4, -0.2) is 62.8 Å². The van der Waals surface area contributed by atoms with E-state index in [1.54, 1.807) is 7.11 Å². The number of hydrogen-bond donors (Lipinski definition) is 2. The zero-order valence-electron chi connectivity index (χ0n) is 11.9. The lowest BCUT2D eigenvalue weighted by Gasteiger charge is -2.35. The van der Waals surface area contributed by atoms with Crippen molar-refractivity contribution in [2.24, 2.45) is 0 Å². The number of amides is 1. The molecule has 18 heavy (non-hydrogen) atoms. The molecular formula is C13H27N3O2. The van der Waals surface area contributed by atoms with Crippen LogP contribution in [0.5, 0.6) is 0 Å².